The number of hydrogen-bond acceptors (Lipinski definition) is 12. The highest BCUT2D eigenvalue weighted by molar-refractivity contribution is 5.96. The van der Waals surface area contributed by atoms with E-state index in [0.29, 0.717) is 68.7 Å². The summed E-state index contributed by atoms with van der Waals surface area (Å²) < 4.78 is 71.7. The number of hydrogen-bond donors (Lipinski definition) is 3. The molecule has 60 heavy (non-hydrogen) atoms. The number of H-pyrrole nitrogens is 1. The van der Waals surface area contributed by atoms with Crippen LogP contribution in [0.15, 0.2) is 48.6 Å². The summed E-state index contributed by atoms with van der Waals surface area (Å²) in [4.78, 5) is 66.5. The van der Waals surface area contributed by atoms with Crippen LogP contribution < -0.4 is 9.64 Å². The van der Waals surface area contributed by atoms with E-state index in [0.717, 1.165) is 18.1 Å². The number of aromatic nitrogens is 1. The van der Waals surface area contributed by atoms with Crippen molar-refractivity contribution in [2.24, 2.45) is 11.3 Å². The van der Waals surface area contributed by atoms with Gasteiger partial charge in [-0.15, -0.1) is 0 Å². The van der Waals surface area contributed by atoms with Crippen LogP contribution in [-0.2, 0) is 50.6 Å². The molecule has 0 radical (unpaired) electrons. The molecule has 2 aromatic carbocycles. The number of nitrogens with zero attached hydrogens (tertiary/aromatic N) is 3. The zero-order valence-electron chi connectivity index (χ0n) is 40.3. The average molecular weight is 831 g/mol. The maximum absolute atomic E-state index is 15.6. The molecule has 320 valence electrons. The number of rotatable bonds is 8. The first kappa shape index (κ1) is 33.9. The Morgan fingerprint density at radius 1 is 1.02 bits per heavy atom. The van der Waals surface area contributed by atoms with Crippen LogP contribution in [0.2, 0.25) is 0 Å². The van der Waals surface area contributed by atoms with Crippen molar-refractivity contribution >= 4 is 40.9 Å². The van der Waals surface area contributed by atoms with Crippen molar-refractivity contribution in [2.45, 2.75) is 99.4 Å². The molecule has 9 rings (SSSR count). The summed E-state index contributed by atoms with van der Waals surface area (Å²) in [5.41, 5.74) is -6.33. The summed E-state index contributed by atoms with van der Waals surface area (Å²) >= 11 is 0. The molecule has 1 aliphatic carbocycles. The van der Waals surface area contributed by atoms with Gasteiger partial charge in [0.1, 0.15) is 11.2 Å². The van der Waals surface area contributed by atoms with Gasteiger partial charge < -0.3 is 39.0 Å². The highest BCUT2D eigenvalue weighted by Crippen LogP contribution is 2.68. The molecule has 1 unspecified atom stereocenters. The number of carbonyl (C=O) groups excluding carboxylic acids is 4. The average Bonchev–Trinajstić information content (AvgIpc) is 3.95. The topological polar surface area (TPSA) is 171 Å². The Kier molecular flexibility index (Phi) is 7.99. The van der Waals surface area contributed by atoms with Crippen LogP contribution in [0, 0.1) is 11.3 Å². The number of aliphatic hydroxyl groups is 2. The molecule has 1 spiro atoms. The fourth-order valence-electron chi connectivity index (χ4n) is 13.2. The van der Waals surface area contributed by atoms with Gasteiger partial charge in [0.15, 0.2) is 6.10 Å². The SMILES string of the molecule is [2H]C([2H])([2H])OC(=O)[C@]1(c2cc3c(cc2OC)N(C=O)[C@H]2[C@@](O)(C(=O)OC)[C@H](OC(=O)C([2H])([2H])[2H])[C@]4(CC)C=CCN5CC[C@]32[C@@H]54)C[C@@H]2CN(CCc3c1[nH]c1ccccc31)C[C@](O)(CC)C2. The molecule has 3 fully saturated rings. The number of fused-ring (bicyclic) bond motifs is 6. The Morgan fingerprint density at radius 2 is 1.83 bits per heavy atom. The van der Waals surface area contributed by atoms with Crippen LogP contribution in [-0.4, -0.2) is 133 Å². The molecule has 14 heteroatoms. The molecule has 1 aromatic heterocycles. The second-order valence-electron chi connectivity index (χ2n) is 17.8. The van der Waals surface area contributed by atoms with E-state index in [-0.39, 0.29) is 42.7 Å². The van der Waals surface area contributed by atoms with Crippen molar-refractivity contribution in [1.82, 2.24) is 14.8 Å². The molecular formula is C46H56N4O10. The van der Waals surface area contributed by atoms with Gasteiger partial charge in [-0.05, 0) is 74.2 Å². The van der Waals surface area contributed by atoms with Gasteiger partial charge in [-0.3, -0.25) is 24.2 Å². The Balaban J connectivity index is 1.39. The summed E-state index contributed by atoms with van der Waals surface area (Å²) in [6.07, 6.45) is 3.51. The van der Waals surface area contributed by atoms with Crippen LogP contribution in [0.4, 0.5) is 5.69 Å². The first-order valence-electron chi connectivity index (χ1n) is 23.8. The minimum absolute atomic E-state index is 0.0487. The predicted octanol–water partition coefficient (Wildman–Crippen LogP) is 3.52. The van der Waals surface area contributed by atoms with E-state index >= 15 is 4.79 Å². The van der Waals surface area contributed by atoms with E-state index in [1.807, 2.05) is 37.3 Å². The van der Waals surface area contributed by atoms with Crippen molar-refractivity contribution in [2.75, 3.05) is 58.9 Å². The number of aromatic amines is 1. The van der Waals surface area contributed by atoms with E-state index in [1.54, 1.807) is 19.1 Å². The summed E-state index contributed by atoms with van der Waals surface area (Å²) in [6.45, 7) is 2.50. The number of esters is 3. The normalized spacial score (nSPS) is 38.4. The summed E-state index contributed by atoms with van der Waals surface area (Å²) in [5, 5.41) is 26.2. The maximum Gasteiger partial charge on any atom is 0.344 e. The summed E-state index contributed by atoms with van der Waals surface area (Å²) in [5.74, 6) is -4.39. The molecule has 1 saturated carbocycles. The number of ether oxygens (including phenoxy) is 4. The molecule has 1 amide bonds. The van der Waals surface area contributed by atoms with Crippen molar-refractivity contribution in [1.29, 1.82) is 0 Å². The van der Waals surface area contributed by atoms with E-state index < -0.39 is 83.4 Å². The molecule has 2 bridgehead atoms. The number of benzene rings is 2. The number of methoxy groups -OCH3 is 3. The van der Waals surface area contributed by atoms with Gasteiger partial charge in [0, 0.05) is 82.2 Å². The molecule has 14 nitrogen and oxygen atoms in total. The van der Waals surface area contributed by atoms with E-state index in [2.05, 4.69) is 14.8 Å². The van der Waals surface area contributed by atoms with Crippen molar-refractivity contribution in [3.8, 4) is 5.75 Å². The second kappa shape index (κ2) is 14.1. The quantitative estimate of drug-likeness (QED) is 0.131. The van der Waals surface area contributed by atoms with Crippen molar-refractivity contribution in [3.63, 3.8) is 0 Å². The van der Waals surface area contributed by atoms with E-state index in [1.165, 1.54) is 18.1 Å². The second-order valence-corrected chi connectivity index (χ2v) is 17.8. The first-order chi connectivity index (χ1) is 31.1. The van der Waals surface area contributed by atoms with Gasteiger partial charge >= 0.3 is 17.9 Å². The van der Waals surface area contributed by atoms with Crippen molar-refractivity contribution in [3.05, 3.63) is 70.9 Å². The number of piperidine rings is 1. The lowest BCUT2D eigenvalue weighted by atomic mass is 9.47. The molecule has 3 N–H and O–H groups in total. The van der Waals surface area contributed by atoms with Crippen LogP contribution in [0.5, 0.6) is 5.75 Å². The van der Waals surface area contributed by atoms with Gasteiger partial charge in [0.2, 0.25) is 12.0 Å². The largest absolute Gasteiger partial charge is 0.496 e. The lowest BCUT2D eigenvalue weighted by Crippen LogP contribution is -2.81. The van der Waals surface area contributed by atoms with Crippen LogP contribution in [0.1, 0.15) is 83.4 Å². The zero-order valence-corrected chi connectivity index (χ0v) is 34.3. The van der Waals surface area contributed by atoms with Crippen molar-refractivity contribution < 1.29 is 56.6 Å². The standard InChI is InChI=1S/C46H56N4O10/c1-7-42(55)22-28-23-45(40(53)58-5,36-30(14-18-48(24-28)25-42)29-12-9-10-13-33(29)47-36)32-20-31-34(21-35(32)57-4)50(26-51)38-44(31)16-19-49-17-11-15-43(8-2,37(44)49)39(60-27(3)52)46(38,56)41(54)59-6/h9-13,15,20-21,26,28,37-39,47,55-56H,7-8,14,16-19,22-25H2,1-6H3/t28-,37+,38-,39-,42+,43-,44-,45+,46+/m1/s1/i3D3,5D3. The maximum atomic E-state index is 15.6. The fourth-order valence-corrected chi connectivity index (χ4v) is 13.2. The van der Waals surface area contributed by atoms with Crippen LogP contribution in [0.3, 0.4) is 0 Å². The molecule has 5 aliphatic heterocycles. The van der Waals surface area contributed by atoms with Gasteiger partial charge in [-0.25, -0.2) is 4.79 Å². The zero-order chi connectivity index (χ0) is 47.6. The van der Waals surface area contributed by atoms with Crippen LogP contribution in [0.25, 0.3) is 10.9 Å². The minimum Gasteiger partial charge on any atom is -0.496 e. The lowest BCUT2D eigenvalue weighted by molar-refractivity contribution is -0.228. The van der Waals surface area contributed by atoms with E-state index in [9.17, 15) is 24.6 Å². The molecule has 3 aromatic rings. The summed E-state index contributed by atoms with van der Waals surface area (Å²) in [7, 11) is -0.796. The van der Waals surface area contributed by atoms with Gasteiger partial charge in [0.05, 0.1) is 42.7 Å². The van der Waals surface area contributed by atoms with Gasteiger partial charge in [-0.1, -0.05) is 44.2 Å². The lowest BCUT2D eigenvalue weighted by Gasteiger charge is -2.63. The van der Waals surface area contributed by atoms with E-state index in [4.69, 9.17) is 27.2 Å². The monoisotopic (exact) mass is 830 g/mol. The third kappa shape index (κ3) is 5.19. The first-order valence-corrected chi connectivity index (χ1v) is 20.8. The van der Waals surface area contributed by atoms with Gasteiger partial charge in [0.25, 0.3) is 0 Å². The fraction of sp³-hybridized carbons (Fsp3) is 0.565. The number of nitrogens with one attached hydrogen (secondary N) is 1. The number of anilines is 1. The van der Waals surface area contributed by atoms with Crippen LogP contribution >= 0.6 is 0 Å². The molecule has 2 saturated heterocycles. The highest BCUT2D eigenvalue weighted by Gasteiger charge is 2.81. The number of para-hydroxylation sites is 1. The number of carbonyl (C=O) groups is 4. The minimum atomic E-state index is -3.29. The Labute approximate surface area is 358 Å². The number of amides is 1. The third-order valence-corrected chi connectivity index (χ3v) is 15.3. The molecule has 6 aliphatic rings. The smallest absolute Gasteiger partial charge is 0.344 e. The molecular weight excluding hydrogens is 769 g/mol. The Morgan fingerprint density at radius 3 is 2.55 bits per heavy atom. The molecule has 6 heterocycles. The van der Waals surface area contributed by atoms with Gasteiger partial charge in [-0.2, -0.15) is 0 Å². The highest BCUT2D eigenvalue weighted by atomic mass is 16.6. The third-order valence-electron chi connectivity index (χ3n) is 15.3. The summed E-state index contributed by atoms with van der Waals surface area (Å²) in [6, 6.07) is 8.43. The Bertz CT molecular complexity index is 2530. The Hall–Kier alpha value is -4.76. The molecule has 10 atom stereocenters. The predicted molar refractivity (Wildman–Crippen MR) is 221 cm³/mol.